The van der Waals surface area contributed by atoms with Gasteiger partial charge in [0, 0.05) is 18.1 Å². The van der Waals surface area contributed by atoms with Crippen LogP contribution in [0.25, 0.3) is 11.1 Å². The molecule has 3 rings (SSSR count). The summed E-state index contributed by atoms with van der Waals surface area (Å²) in [4.78, 5) is 12.3. The fraction of sp³-hybridized carbons (Fsp3) is 0.160. The molecule has 164 valence electrons. The number of aryl methyl sites for hydroxylation is 1. The fourth-order valence-corrected chi connectivity index (χ4v) is 2.98. The molecule has 0 N–H and O–H groups in total. The van der Waals surface area contributed by atoms with Crippen molar-refractivity contribution >= 4 is 5.97 Å². The number of esters is 1. The van der Waals surface area contributed by atoms with Crippen LogP contribution in [0.1, 0.15) is 34.8 Å². The van der Waals surface area contributed by atoms with E-state index in [1.165, 1.54) is 23.6 Å². The molecule has 0 amide bonds. The first-order valence-electron chi connectivity index (χ1n) is 9.67. The molecule has 0 aliphatic heterocycles. The molecule has 0 saturated heterocycles. The van der Waals surface area contributed by atoms with E-state index < -0.39 is 35.1 Å². The normalized spacial score (nSPS) is 10.9. The molecule has 0 heterocycles. The summed E-state index contributed by atoms with van der Waals surface area (Å²) in [5, 5.41) is 0. The molecule has 3 aromatic rings. The van der Waals surface area contributed by atoms with Crippen LogP contribution in [-0.4, -0.2) is 12.1 Å². The lowest BCUT2D eigenvalue weighted by molar-refractivity contribution is -0.0696. The standard InChI is InChI=1S/C25H17F5O2/c1-2-3-16-4-6-17(7-5-16)18-8-10-19(11-9-18)24(31)32-20-14-22(26)21(23(27)15-20)12-13-25(28,29)30/h4-11,14-15H,2-3H2,1H3. The van der Waals surface area contributed by atoms with Crippen LogP contribution in [-0.2, 0) is 6.42 Å². The van der Waals surface area contributed by atoms with Gasteiger partial charge in [-0.25, -0.2) is 13.6 Å². The van der Waals surface area contributed by atoms with Gasteiger partial charge in [0.05, 0.1) is 11.1 Å². The number of carbonyl (C=O) groups is 1. The van der Waals surface area contributed by atoms with Gasteiger partial charge in [-0.2, -0.15) is 13.2 Å². The number of carbonyl (C=O) groups excluding carboxylic acids is 1. The first-order chi connectivity index (χ1) is 15.2. The number of hydrogen-bond donors (Lipinski definition) is 0. The van der Waals surface area contributed by atoms with E-state index in [2.05, 4.69) is 6.92 Å². The fourth-order valence-electron chi connectivity index (χ4n) is 2.98. The van der Waals surface area contributed by atoms with Crippen molar-refractivity contribution in [2.75, 3.05) is 0 Å². The second-order valence-corrected chi connectivity index (χ2v) is 6.92. The number of rotatable bonds is 5. The van der Waals surface area contributed by atoms with Crippen LogP contribution in [0.15, 0.2) is 60.7 Å². The maximum absolute atomic E-state index is 14.0. The summed E-state index contributed by atoms with van der Waals surface area (Å²) in [5.41, 5.74) is 2.14. The average Bonchev–Trinajstić information content (AvgIpc) is 2.73. The predicted octanol–water partition coefficient (Wildman–Crippen LogP) is 6.72. The quantitative estimate of drug-likeness (QED) is 0.189. The minimum Gasteiger partial charge on any atom is -0.423 e. The zero-order valence-corrected chi connectivity index (χ0v) is 16.9. The van der Waals surface area contributed by atoms with Crippen molar-refractivity contribution < 1.29 is 31.5 Å². The largest absolute Gasteiger partial charge is 0.458 e. The maximum atomic E-state index is 14.0. The van der Waals surface area contributed by atoms with Crippen molar-refractivity contribution in [1.29, 1.82) is 0 Å². The number of alkyl halides is 3. The van der Waals surface area contributed by atoms with E-state index in [4.69, 9.17) is 4.74 Å². The second-order valence-electron chi connectivity index (χ2n) is 6.92. The summed E-state index contributed by atoms with van der Waals surface area (Å²) in [6.07, 6.45) is -2.86. The number of benzene rings is 3. The third kappa shape index (κ3) is 5.94. The van der Waals surface area contributed by atoms with Gasteiger partial charge in [-0.3, -0.25) is 0 Å². The van der Waals surface area contributed by atoms with Crippen LogP contribution >= 0.6 is 0 Å². The Morgan fingerprint density at radius 2 is 1.44 bits per heavy atom. The molecule has 0 atom stereocenters. The molecule has 0 radical (unpaired) electrons. The summed E-state index contributed by atoms with van der Waals surface area (Å²) in [7, 11) is 0. The van der Waals surface area contributed by atoms with Gasteiger partial charge in [-0.05, 0) is 35.2 Å². The Balaban J connectivity index is 1.73. The molecule has 0 aliphatic rings. The smallest absolute Gasteiger partial charge is 0.423 e. The van der Waals surface area contributed by atoms with E-state index >= 15 is 0 Å². The van der Waals surface area contributed by atoms with Crippen molar-refractivity contribution in [3.05, 3.63) is 89.0 Å². The molecule has 0 unspecified atom stereocenters. The Hall–Kier alpha value is -3.66. The molecule has 0 saturated carbocycles. The highest BCUT2D eigenvalue weighted by atomic mass is 19.4. The van der Waals surface area contributed by atoms with Crippen molar-refractivity contribution in [3.8, 4) is 28.7 Å². The minimum absolute atomic E-state index is 0.137. The highest BCUT2D eigenvalue weighted by Crippen LogP contribution is 2.24. The molecule has 0 fully saturated rings. The van der Waals surface area contributed by atoms with E-state index in [0.29, 0.717) is 12.1 Å². The molecule has 0 aromatic heterocycles. The average molecular weight is 444 g/mol. The number of halogens is 5. The molecule has 0 bridgehead atoms. The molecule has 3 aromatic carbocycles. The van der Waals surface area contributed by atoms with Gasteiger partial charge < -0.3 is 4.74 Å². The predicted molar refractivity (Wildman–Crippen MR) is 110 cm³/mol. The first-order valence-corrected chi connectivity index (χ1v) is 9.67. The van der Waals surface area contributed by atoms with Crippen LogP contribution < -0.4 is 4.74 Å². The highest BCUT2D eigenvalue weighted by Gasteiger charge is 2.24. The zero-order chi connectivity index (χ0) is 23.3. The molecular weight excluding hydrogens is 427 g/mol. The summed E-state index contributed by atoms with van der Waals surface area (Å²) in [5.74, 6) is -1.90. The van der Waals surface area contributed by atoms with Crippen LogP contribution in [0.4, 0.5) is 22.0 Å². The second kappa shape index (κ2) is 9.65. The van der Waals surface area contributed by atoms with Gasteiger partial charge in [0.25, 0.3) is 0 Å². The Kier molecular flexibility index (Phi) is 6.94. The van der Waals surface area contributed by atoms with Crippen LogP contribution in [0.2, 0.25) is 0 Å². The monoisotopic (exact) mass is 444 g/mol. The Morgan fingerprint density at radius 3 is 1.94 bits per heavy atom. The van der Waals surface area contributed by atoms with Gasteiger partial charge in [0.2, 0.25) is 0 Å². The summed E-state index contributed by atoms with van der Waals surface area (Å²) < 4.78 is 69.3. The third-order valence-electron chi connectivity index (χ3n) is 4.50. The Bertz CT molecular complexity index is 1150. The lowest BCUT2D eigenvalue weighted by Crippen LogP contribution is -2.09. The lowest BCUT2D eigenvalue weighted by atomic mass is 10.0. The minimum atomic E-state index is -4.90. The topological polar surface area (TPSA) is 26.3 Å². The van der Waals surface area contributed by atoms with Gasteiger partial charge in [0.1, 0.15) is 17.4 Å². The lowest BCUT2D eigenvalue weighted by Gasteiger charge is -2.08. The van der Waals surface area contributed by atoms with Crippen molar-refractivity contribution in [2.45, 2.75) is 25.9 Å². The van der Waals surface area contributed by atoms with E-state index in [1.54, 1.807) is 12.1 Å². The number of hydrogen-bond acceptors (Lipinski definition) is 2. The maximum Gasteiger partial charge on any atom is 0.458 e. The van der Waals surface area contributed by atoms with Gasteiger partial charge in [-0.1, -0.05) is 55.7 Å². The van der Waals surface area contributed by atoms with Crippen LogP contribution in [0.5, 0.6) is 5.75 Å². The van der Waals surface area contributed by atoms with Crippen LogP contribution in [0, 0.1) is 23.5 Å². The van der Waals surface area contributed by atoms with E-state index in [9.17, 15) is 26.7 Å². The van der Waals surface area contributed by atoms with Crippen molar-refractivity contribution in [2.24, 2.45) is 0 Å². The molecular formula is C25H17F5O2. The Labute approximate surface area is 181 Å². The third-order valence-corrected chi connectivity index (χ3v) is 4.50. The summed E-state index contributed by atoms with van der Waals surface area (Å²) in [6, 6.07) is 15.7. The molecule has 32 heavy (non-hydrogen) atoms. The van der Waals surface area contributed by atoms with Gasteiger partial charge in [0.15, 0.2) is 0 Å². The molecule has 2 nitrogen and oxygen atoms in total. The molecule has 0 aliphatic carbocycles. The zero-order valence-electron chi connectivity index (χ0n) is 16.9. The Morgan fingerprint density at radius 1 is 0.906 bits per heavy atom. The van der Waals surface area contributed by atoms with E-state index in [-0.39, 0.29) is 5.56 Å². The molecule has 0 spiro atoms. The number of ether oxygens (including phenoxy) is 1. The summed E-state index contributed by atoms with van der Waals surface area (Å²) >= 11 is 0. The van der Waals surface area contributed by atoms with Crippen molar-refractivity contribution in [1.82, 2.24) is 0 Å². The summed E-state index contributed by atoms with van der Waals surface area (Å²) in [6.45, 7) is 2.10. The molecule has 7 heteroatoms. The van der Waals surface area contributed by atoms with Gasteiger partial charge >= 0.3 is 12.1 Å². The van der Waals surface area contributed by atoms with Crippen molar-refractivity contribution in [3.63, 3.8) is 0 Å². The van der Waals surface area contributed by atoms with Gasteiger partial charge in [-0.15, -0.1) is 0 Å². The SMILES string of the molecule is CCCc1ccc(-c2ccc(C(=O)Oc3cc(F)c(C#CC(F)(F)F)c(F)c3)cc2)cc1. The highest BCUT2D eigenvalue weighted by molar-refractivity contribution is 5.91. The van der Waals surface area contributed by atoms with E-state index in [0.717, 1.165) is 29.9 Å². The first kappa shape index (κ1) is 23.0. The van der Waals surface area contributed by atoms with E-state index in [1.807, 2.05) is 24.3 Å². The van der Waals surface area contributed by atoms with Crippen LogP contribution in [0.3, 0.4) is 0 Å².